The number of anilines is 1. The number of hydrogen-bond acceptors (Lipinski definition) is 2. The number of fused-ring (bicyclic) bond motifs is 1. The Morgan fingerprint density at radius 3 is 3.07 bits per heavy atom. The summed E-state index contributed by atoms with van der Waals surface area (Å²) >= 11 is 0. The highest BCUT2D eigenvalue weighted by Gasteiger charge is 2.08. The summed E-state index contributed by atoms with van der Waals surface area (Å²) in [6.07, 6.45) is 6.01. The average Bonchev–Trinajstić information content (AvgIpc) is 2.73. The Bertz CT molecular complexity index is 489. The van der Waals surface area contributed by atoms with Crippen LogP contribution in [0.3, 0.4) is 0 Å². The van der Waals surface area contributed by atoms with E-state index in [9.17, 15) is 4.79 Å². The summed E-state index contributed by atoms with van der Waals surface area (Å²) in [5.74, 6) is 0.106. The van der Waals surface area contributed by atoms with Gasteiger partial charge in [-0.25, -0.2) is 4.98 Å². The van der Waals surface area contributed by atoms with E-state index in [-0.39, 0.29) is 5.91 Å². The summed E-state index contributed by atoms with van der Waals surface area (Å²) in [7, 11) is 1.78. The molecule has 1 amide bonds. The maximum absolute atomic E-state index is 11.5. The third kappa shape index (κ3) is 1.70. The highest BCUT2D eigenvalue weighted by Crippen LogP contribution is 2.14. The van der Waals surface area contributed by atoms with Gasteiger partial charge in [0.05, 0.1) is 5.69 Å². The molecule has 0 bridgehead atoms. The number of carbonyl (C=O) groups is 1. The van der Waals surface area contributed by atoms with E-state index < -0.39 is 0 Å². The van der Waals surface area contributed by atoms with Crippen molar-refractivity contribution in [3.8, 4) is 0 Å². The molecule has 0 aliphatic rings. The van der Waals surface area contributed by atoms with Crippen LogP contribution in [0.15, 0.2) is 30.7 Å². The van der Waals surface area contributed by atoms with Crippen LogP contribution in [-0.2, 0) is 4.79 Å². The van der Waals surface area contributed by atoms with Crippen LogP contribution in [0.1, 0.15) is 13.3 Å². The number of hydrogen-bond donors (Lipinski definition) is 0. The Balaban J connectivity index is 2.39. The molecule has 0 aromatic carbocycles. The lowest BCUT2D eigenvalue weighted by Gasteiger charge is -2.16. The summed E-state index contributed by atoms with van der Waals surface area (Å²) < 4.78 is 1.90. The molecule has 0 aliphatic heterocycles. The molecule has 0 N–H and O–H groups in total. The first kappa shape index (κ1) is 9.71. The van der Waals surface area contributed by atoms with Gasteiger partial charge >= 0.3 is 0 Å². The summed E-state index contributed by atoms with van der Waals surface area (Å²) in [4.78, 5) is 17.3. The number of nitrogens with zero attached hydrogens (tertiary/aromatic N) is 3. The van der Waals surface area contributed by atoms with Crippen molar-refractivity contribution < 1.29 is 4.79 Å². The Morgan fingerprint density at radius 1 is 1.53 bits per heavy atom. The molecule has 0 saturated carbocycles. The van der Waals surface area contributed by atoms with Crippen LogP contribution in [-0.4, -0.2) is 22.3 Å². The summed E-state index contributed by atoms with van der Waals surface area (Å²) in [5.41, 5.74) is 1.77. The standard InChI is InChI=1S/C11H13N3O/c1-3-11(15)13(2)9-4-5-10-12-6-7-14(10)8-9/h4-8H,3H2,1-2H3. The van der Waals surface area contributed by atoms with Gasteiger partial charge in [-0.05, 0) is 12.1 Å². The molecule has 2 rings (SSSR count). The van der Waals surface area contributed by atoms with Gasteiger partial charge in [0.1, 0.15) is 5.65 Å². The van der Waals surface area contributed by atoms with E-state index >= 15 is 0 Å². The molecule has 0 unspecified atom stereocenters. The molecular formula is C11H13N3O. The van der Waals surface area contributed by atoms with E-state index in [1.807, 2.05) is 35.9 Å². The average molecular weight is 203 g/mol. The molecule has 0 saturated heterocycles. The van der Waals surface area contributed by atoms with Crippen LogP contribution in [0.25, 0.3) is 5.65 Å². The zero-order valence-corrected chi connectivity index (χ0v) is 8.84. The van der Waals surface area contributed by atoms with Crippen molar-refractivity contribution in [3.63, 3.8) is 0 Å². The molecule has 78 valence electrons. The number of rotatable bonds is 2. The van der Waals surface area contributed by atoms with Crippen molar-refractivity contribution in [1.29, 1.82) is 0 Å². The third-order valence-corrected chi connectivity index (χ3v) is 2.44. The number of pyridine rings is 1. The van der Waals surface area contributed by atoms with E-state index in [0.717, 1.165) is 11.3 Å². The predicted octanol–water partition coefficient (Wildman–Crippen LogP) is 1.71. The SMILES string of the molecule is CCC(=O)N(C)c1ccc2nccn2c1. The fourth-order valence-corrected chi connectivity index (χ4v) is 1.49. The minimum Gasteiger partial charge on any atom is -0.314 e. The van der Waals surface area contributed by atoms with Gasteiger partial charge in [-0.15, -0.1) is 0 Å². The lowest BCUT2D eigenvalue weighted by molar-refractivity contribution is -0.118. The second-order valence-electron chi connectivity index (χ2n) is 3.39. The maximum atomic E-state index is 11.5. The first-order chi connectivity index (χ1) is 7.22. The Kier molecular flexibility index (Phi) is 2.41. The van der Waals surface area contributed by atoms with Crippen molar-refractivity contribution in [3.05, 3.63) is 30.7 Å². The van der Waals surface area contributed by atoms with Gasteiger partial charge in [-0.3, -0.25) is 4.79 Å². The summed E-state index contributed by atoms with van der Waals surface area (Å²) in [6.45, 7) is 1.86. The molecule has 4 nitrogen and oxygen atoms in total. The molecule has 4 heteroatoms. The Hall–Kier alpha value is -1.84. The van der Waals surface area contributed by atoms with Crippen molar-refractivity contribution in [2.75, 3.05) is 11.9 Å². The molecule has 0 spiro atoms. The van der Waals surface area contributed by atoms with Crippen molar-refractivity contribution >= 4 is 17.2 Å². The quantitative estimate of drug-likeness (QED) is 0.745. The summed E-state index contributed by atoms with van der Waals surface area (Å²) in [6, 6.07) is 3.80. The minimum atomic E-state index is 0.106. The van der Waals surface area contributed by atoms with Crippen LogP contribution in [0.4, 0.5) is 5.69 Å². The monoisotopic (exact) mass is 203 g/mol. The number of amides is 1. The molecule has 2 heterocycles. The second-order valence-corrected chi connectivity index (χ2v) is 3.39. The molecule has 15 heavy (non-hydrogen) atoms. The number of carbonyl (C=O) groups excluding carboxylic acids is 1. The zero-order chi connectivity index (χ0) is 10.8. The topological polar surface area (TPSA) is 37.6 Å². The van der Waals surface area contributed by atoms with Gasteiger partial charge in [0.15, 0.2) is 0 Å². The maximum Gasteiger partial charge on any atom is 0.226 e. The van der Waals surface area contributed by atoms with Crippen LogP contribution in [0.2, 0.25) is 0 Å². The molecule has 2 aromatic rings. The second kappa shape index (κ2) is 3.73. The van der Waals surface area contributed by atoms with Gasteiger partial charge in [0.25, 0.3) is 0 Å². The van der Waals surface area contributed by atoms with E-state index in [4.69, 9.17) is 0 Å². The van der Waals surface area contributed by atoms with Crippen LogP contribution >= 0.6 is 0 Å². The Labute approximate surface area is 88.2 Å². The van der Waals surface area contributed by atoms with Crippen molar-refractivity contribution in [2.45, 2.75) is 13.3 Å². The van der Waals surface area contributed by atoms with Crippen molar-refractivity contribution in [1.82, 2.24) is 9.38 Å². The fourth-order valence-electron chi connectivity index (χ4n) is 1.49. The van der Waals surface area contributed by atoms with Gasteiger partial charge in [0, 0.05) is 32.1 Å². The molecule has 0 atom stereocenters. The van der Waals surface area contributed by atoms with Gasteiger partial charge < -0.3 is 9.30 Å². The lowest BCUT2D eigenvalue weighted by atomic mass is 10.3. The smallest absolute Gasteiger partial charge is 0.226 e. The number of aromatic nitrogens is 2. The molecule has 0 fully saturated rings. The van der Waals surface area contributed by atoms with E-state index in [2.05, 4.69) is 4.98 Å². The normalized spacial score (nSPS) is 10.5. The van der Waals surface area contributed by atoms with Crippen LogP contribution in [0.5, 0.6) is 0 Å². The third-order valence-electron chi connectivity index (χ3n) is 2.44. The molecule has 2 aromatic heterocycles. The first-order valence-corrected chi connectivity index (χ1v) is 4.91. The van der Waals surface area contributed by atoms with E-state index in [1.165, 1.54) is 0 Å². The minimum absolute atomic E-state index is 0.106. The Morgan fingerprint density at radius 2 is 2.33 bits per heavy atom. The fraction of sp³-hybridized carbons (Fsp3) is 0.273. The zero-order valence-electron chi connectivity index (χ0n) is 8.84. The largest absolute Gasteiger partial charge is 0.314 e. The van der Waals surface area contributed by atoms with Gasteiger partial charge in [-0.1, -0.05) is 6.92 Å². The highest BCUT2D eigenvalue weighted by atomic mass is 16.2. The highest BCUT2D eigenvalue weighted by molar-refractivity contribution is 5.92. The van der Waals surface area contributed by atoms with Gasteiger partial charge in [0.2, 0.25) is 5.91 Å². The van der Waals surface area contributed by atoms with Gasteiger partial charge in [-0.2, -0.15) is 0 Å². The molecule has 0 aliphatic carbocycles. The number of imidazole rings is 1. The van der Waals surface area contributed by atoms with Crippen molar-refractivity contribution in [2.24, 2.45) is 0 Å². The lowest BCUT2D eigenvalue weighted by Crippen LogP contribution is -2.25. The molecular weight excluding hydrogens is 190 g/mol. The van der Waals surface area contributed by atoms with E-state index in [1.54, 1.807) is 18.1 Å². The predicted molar refractivity (Wildman–Crippen MR) is 58.9 cm³/mol. The summed E-state index contributed by atoms with van der Waals surface area (Å²) in [5, 5.41) is 0. The van der Waals surface area contributed by atoms with E-state index in [0.29, 0.717) is 6.42 Å². The molecule has 0 radical (unpaired) electrons. The van der Waals surface area contributed by atoms with Crippen LogP contribution in [0, 0.1) is 0 Å². The first-order valence-electron chi connectivity index (χ1n) is 4.91. The van der Waals surface area contributed by atoms with Crippen LogP contribution < -0.4 is 4.90 Å².